The summed E-state index contributed by atoms with van der Waals surface area (Å²) < 4.78 is 7.09. The van der Waals surface area contributed by atoms with Gasteiger partial charge in [-0.15, -0.1) is 0 Å². The number of aryl methyl sites for hydroxylation is 1. The van der Waals surface area contributed by atoms with Crippen molar-refractivity contribution in [1.29, 1.82) is 0 Å². The molecule has 0 spiro atoms. The van der Waals surface area contributed by atoms with Crippen molar-refractivity contribution in [2.75, 3.05) is 7.11 Å². The normalized spacial score (nSPS) is 11.0. The van der Waals surface area contributed by atoms with Gasteiger partial charge in [0.2, 0.25) is 0 Å². The minimum atomic E-state index is -0.0230. The van der Waals surface area contributed by atoms with Gasteiger partial charge in [0.05, 0.1) is 24.6 Å². The molecule has 0 aliphatic heterocycles. The number of benzene rings is 3. The second-order valence-corrected chi connectivity index (χ2v) is 7.87. The van der Waals surface area contributed by atoms with Crippen LogP contribution in [-0.4, -0.2) is 16.7 Å². The monoisotopic (exact) mass is 402 g/mol. The highest BCUT2D eigenvalue weighted by Gasteiger charge is 2.12. The minimum Gasteiger partial charge on any atom is -0.497 e. The number of hydrogen-bond acceptors (Lipinski definition) is 4. The molecule has 4 rings (SSSR count). The molecule has 0 atom stereocenters. The van der Waals surface area contributed by atoms with Crippen LogP contribution >= 0.6 is 11.8 Å². The molecule has 0 unspecified atom stereocenters. The molecule has 0 radical (unpaired) electrons. The van der Waals surface area contributed by atoms with Crippen molar-refractivity contribution < 1.29 is 4.74 Å². The molecule has 5 heteroatoms. The number of methoxy groups -OCH3 is 1. The van der Waals surface area contributed by atoms with Crippen LogP contribution in [0.25, 0.3) is 10.9 Å². The van der Waals surface area contributed by atoms with Crippen molar-refractivity contribution in [2.45, 2.75) is 24.4 Å². The van der Waals surface area contributed by atoms with Crippen molar-refractivity contribution in [3.05, 3.63) is 99.8 Å². The van der Waals surface area contributed by atoms with Gasteiger partial charge in [-0.05, 0) is 42.3 Å². The van der Waals surface area contributed by atoms with Crippen molar-refractivity contribution in [3.63, 3.8) is 0 Å². The molecule has 0 N–H and O–H groups in total. The maximum Gasteiger partial charge on any atom is 0.262 e. The Kier molecular flexibility index (Phi) is 5.67. The smallest absolute Gasteiger partial charge is 0.262 e. The van der Waals surface area contributed by atoms with Gasteiger partial charge in [0.1, 0.15) is 5.75 Å². The first kappa shape index (κ1) is 19.3. The van der Waals surface area contributed by atoms with Gasteiger partial charge in [0, 0.05) is 5.75 Å². The molecule has 1 aromatic heterocycles. The SMILES string of the molecule is COc1cccc(Cn2c(SCc3cccc(C)c3)nc3ccccc3c2=O)c1. The lowest BCUT2D eigenvalue weighted by atomic mass is 10.2. The first-order valence-electron chi connectivity index (χ1n) is 9.45. The lowest BCUT2D eigenvalue weighted by Gasteiger charge is -2.14. The zero-order chi connectivity index (χ0) is 20.2. The Morgan fingerprint density at radius 2 is 1.76 bits per heavy atom. The van der Waals surface area contributed by atoms with Crippen LogP contribution in [0, 0.1) is 6.92 Å². The van der Waals surface area contributed by atoms with Crippen molar-refractivity contribution >= 4 is 22.7 Å². The summed E-state index contributed by atoms with van der Waals surface area (Å²) in [4.78, 5) is 18.1. The van der Waals surface area contributed by atoms with Crippen LogP contribution < -0.4 is 10.3 Å². The van der Waals surface area contributed by atoms with E-state index in [1.807, 2.05) is 48.5 Å². The van der Waals surface area contributed by atoms with Crippen LogP contribution in [-0.2, 0) is 12.3 Å². The summed E-state index contributed by atoms with van der Waals surface area (Å²) in [5.41, 5.74) is 4.14. The predicted molar refractivity (Wildman–Crippen MR) is 119 cm³/mol. The van der Waals surface area contributed by atoms with Gasteiger partial charge >= 0.3 is 0 Å². The van der Waals surface area contributed by atoms with Crippen LogP contribution in [0.4, 0.5) is 0 Å². The van der Waals surface area contributed by atoms with Gasteiger partial charge < -0.3 is 4.74 Å². The van der Waals surface area contributed by atoms with E-state index >= 15 is 0 Å². The van der Waals surface area contributed by atoms with Crippen molar-refractivity contribution in [3.8, 4) is 5.75 Å². The van der Waals surface area contributed by atoms with Crippen LogP contribution in [0.15, 0.2) is 82.7 Å². The first-order chi connectivity index (χ1) is 14.1. The third-order valence-electron chi connectivity index (χ3n) is 4.75. The van der Waals surface area contributed by atoms with E-state index in [4.69, 9.17) is 9.72 Å². The number of aromatic nitrogens is 2. The Bertz CT molecular complexity index is 1220. The largest absolute Gasteiger partial charge is 0.497 e. The molecular formula is C24H22N2O2S. The van der Waals surface area contributed by atoms with Gasteiger partial charge in [-0.25, -0.2) is 4.98 Å². The lowest BCUT2D eigenvalue weighted by molar-refractivity contribution is 0.414. The minimum absolute atomic E-state index is 0.0230. The number of fused-ring (bicyclic) bond motifs is 1. The third-order valence-corrected chi connectivity index (χ3v) is 5.80. The fourth-order valence-corrected chi connectivity index (χ4v) is 4.24. The van der Waals surface area contributed by atoms with Gasteiger partial charge in [-0.3, -0.25) is 9.36 Å². The van der Waals surface area contributed by atoms with E-state index in [0.29, 0.717) is 11.9 Å². The number of ether oxygens (including phenoxy) is 1. The van der Waals surface area contributed by atoms with E-state index in [-0.39, 0.29) is 5.56 Å². The molecule has 0 saturated heterocycles. The summed E-state index contributed by atoms with van der Waals surface area (Å²) in [6.07, 6.45) is 0. The Balaban J connectivity index is 1.74. The quantitative estimate of drug-likeness (QED) is 0.334. The van der Waals surface area contributed by atoms with E-state index in [0.717, 1.165) is 27.7 Å². The topological polar surface area (TPSA) is 44.1 Å². The summed E-state index contributed by atoms with van der Waals surface area (Å²) in [5.74, 6) is 1.53. The van der Waals surface area contributed by atoms with E-state index in [9.17, 15) is 4.79 Å². The molecule has 0 aliphatic rings. The number of para-hydroxylation sites is 1. The van der Waals surface area contributed by atoms with Crippen LogP contribution in [0.3, 0.4) is 0 Å². The maximum absolute atomic E-state index is 13.3. The average Bonchev–Trinajstić information content (AvgIpc) is 2.75. The van der Waals surface area contributed by atoms with Crippen molar-refractivity contribution in [2.24, 2.45) is 0 Å². The molecule has 4 nitrogen and oxygen atoms in total. The molecule has 0 saturated carbocycles. The fraction of sp³-hybridized carbons (Fsp3) is 0.167. The molecule has 3 aromatic carbocycles. The average molecular weight is 403 g/mol. The van der Waals surface area contributed by atoms with Crippen LogP contribution in [0.1, 0.15) is 16.7 Å². The molecule has 1 heterocycles. The first-order valence-corrected chi connectivity index (χ1v) is 10.4. The number of thioether (sulfide) groups is 1. The second kappa shape index (κ2) is 8.53. The lowest BCUT2D eigenvalue weighted by Crippen LogP contribution is -2.24. The van der Waals surface area contributed by atoms with Gasteiger partial charge in [0.15, 0.2) is 5.16 Å². The Labute approximate surface area is 174 Å². The Morgan fingerprint density at radius 3 is 2.59 bits per heavy atom. The number of rotatable bonds is 6. The predicted octanol–water partition coefficient (Wildman–Crippen LogP) is 5.05. The zero-order valence-corrected chi connectivity index (χ0v) is 17.3. The van der Waals surface area contributed by atoms with E-state index in [2.05, 4.69) is 31.2 Å². The fourth-order valence-electron chi connectivity index (χ4n) is 3.30. The summed E-state index contributed by atoms with van der Waals surface area (Å²) >= 11 is 1.59. The van der Waals surface area contributed by atoms with Gasteiger partial charge in [-0.1, -0.05) is 65.9 Å². The number of nitrogens with zero attached hydrogens (tertiary/aromatic N) is 2. The molecule has 146 valence electrons. The highest BCUT2D eigenvalue weighted by Crippen LogP contribution is 2.24. The van der Waals surface area contributed by atoms with E-state index in [1.54, 1.807) is 23.4 Å². The molecule has 29 heavy (non-hydrogen) atoms. The second-order valence-electron chi connectivity index (χ2n) is 6.93. The molecule has 4 aromatic rings. The van der Waals surface area contributed by atoms with Crippen molar-refractivity contribution in [1.82, 2.24) is 9.55 Å². The molecule has 0 amide bonds. The standard InChI is InChI=1S/C24H22N2O2S/c1-17-7-5-9-19(13-17)16-29-24-25-22-12-4-3-11-21(22)23(27)26(24)15-18-8-6-10-20(14-18)28-2/h3-14H,15-16H2,1-2H3. The highest BCUT2D eigenvalue weighted by molar-refractivity contribution is 7.98. The highest BCUT2D eigenvalue weighted by atomic mass is 32.2. The summed E-state index contributed by atoms with van der Waals surface area (Å²) in [5, 5.41) is 1.35. The maximum atomic E-state index is 13.3. The zero-order valence-electron chi connectivity index (χ0n) is 16.5. The molecule has 0 fully saturated rings. The Morgan fingerprint density at radius 1 is 0.966 bits per heavy atom. The third kappa shape index (κ3) is 4.35. The van der Waals surface area contributed by atoms with E-state index < -0.39 is 0 Å². The summed E-state index contributed by atoms with van der Waals surface area (Å²) in [7, 11) is 1.64. The van der Waals surface area contributed by atoms with Gasteiger partial charge in [0.25, 0.3) is 5.56 Å². The molecule has 0 bridgehead atoms. The molecule has 0 aliphatic carbocycles. The summed E-state index contributed by atoms with van der Waals surface area (Å²) in [6.45, 7) is 2.53. The molecular weight excluding hydrogens is 380 g/mol. The van der Waals surface area contributed by atoms with Gasteiger partial charge in [-0.2, -0.15) is 0 Å². The van der Waals surface area contributed by atoms with E-state index in [1.165, 1.54) is 11.1 Å². The van der Waals surface area contributed by atoms with Crippen LogP contribution in [0.2, 0.25) is 0 Å². The number of hydrogen-bond donors (Lipinski definition) is 0. The summed E-state index contributed by atoms with van der Waals surface area (Å²) in [6, 6.07) is 23.7. The van der Waals surface area contributed by atoms with Crippen LogP contribution in [0.5, 0.6) is 5.75 Å². The Hall–Kier alpha value is -3.05.